The zero-order chi connectivity index (χ0) is 54.5. The highest BCUT2D eigenvalue weighted by Gasteiger charge is 2.48. The molecule has 0 bridgehead atoms. The van der Waals surface area contributed by atoms with Crippen LogP contribution in [0, 0.1) is 16.7 Å². The molecule has 20 nitrogen and oxygen atoms in total. The Morgan fingerprint density at radius 1 is 0.634 bits per heavy atom. The number of rotatable bonds is 15. The third-order valence-electron chi connectivity index (χ3n) is 12.7. The Kier molecular flexibility index (Phi) is 19.2. The molecule has 2 aliphatic heterocycles. The lowest BCUT2D eigenvalue weighted by Gasteiger charge is -2.36. The number of methoxy groups -OCH3 is 1. The first-order valence-electron chi connectivity index (χ1n) is 24.0. The van der Waals surface area contributed by atoms with Crippen molar-refractivity contribution in [3.63, 3.8) is 0 Å². The molecule has 20 heteroatoms. The van der Waals surface area contributed by atoms with E-state index in [1.165, 1.54) is 74.0 Å². The van der Waals surface area contributed by atoms with E-state index >= 15 is 0 Å². The van der Waals surface area contributed by atoms with Gasteiger partial charge in [0.1, 0.15) is 29.3 Å². The molecule has 7 amide bonds. The van der Waals surface area contributed by atoms with E-state index in [4.69, 9.17) is 14.2 Å². The van der Waals surface area contributed by atoms with Crippen molar-refractivity contribution < 1.29 is 62.2 Å². The molecular formula is C51H79N7O13. The SMILES string of the molecule is COC(=O)[C@@H]1C[C@H](NC(=O)c2ccc(C(=O)N[C@H]3C[C@@H](C(C)=O)N(C(=O)[C@@H](CC(=O)[C@H](C)N(C)C(=O)OC(C)(C)C)C(C)(C)C)C3)cc2)CN1C(=O)[C@@H](NC(=O)[C@H](C)N(C)C(=O)OC(C)(C)C)C(C)(C)C. The summed E-state index contributed by atoms with van der Waals surface area (Å²) in [7, 11) is 4.05. The van der Waals surface area contributed by atoms with Gasteiger partial charge in [-0.15, -0.1) is 0 Å². The monoisotopic (exact) mass is 998 g/mol. The van der Waals surface area contributed by atoms with E-state index in [1.807, 2.05) is 20.8 Å². The average molecular weight is 998 g/mol. The molecule has 0 radical (unpaired) electrons. The van der Waals surface area contributed by atoms with Gasteiger partial charge in [-0.3, -0.25) is 38.5 Å². The fourth-order valence-corrected chi connectivity index (χ4v) is 8.21. The van der Waals surface area contributed by atoms with Crippen LogP contribution in [0.15, 0.2) is 24.3 Å². The quantitative estimate of drug-likeness (QED) is 0.162. The van der Waals surface area contributed by atoms with Crippen molar-refractivity contribution in [3.8, 4) is 0 Å². The molecule has 0 unspecified atom stereocenters. The Balaban J connectivity index is 1.72. The standard InChI is InChI=1S/C51H79N7O13/c1-28(55(16)46(67)70-50(10,11)12)38(60)25-35(48(4,5)6)43(64)57-26-33(23-36(57)30(3)59)52-41(62)31-19-21-32(22-20-31)42(63)53-34-24-37(45(66)69-18)58(27-34)44(65)39(49(7,8)9)54-40(61)29(2)56(17)47(68)71-51(13,14)15/h19-22,28-29,33-37,39H,23-27H2,1-18H3,(H,52,62)(H,53,63)(H,54,61)/t28-,29-,33-,34-,35+,36-,37-,39+/m0/s1. The molecule has 1 aromatic carbocycles. The van der Waals surface area contributed by atoms with Crippen molar-refractivity contribution in [2.24, 2.45) is 16.7 Å². The van der Waals surface area contributed by atoms with Crippen LogP contribution in [-0.2, 0) is 43.0 Å². The number of carbonyl (C=O) groups excluding carboxylic acids is 10. The number of ketones is 2. The molecule has 396 valence electrons. The summed E-state index contributed by atoms with van der Waals surface area (Å²) < 4.78 is 15.8. The minimum Gasteiger partial charge on any atom is -0.467 e. The number of likely N-dealkylation sites (N-methyl/N-ethyl adjacent to an activating group) is 2. The van der Waals surface area contributed by atoms with Gasteiger partial charge in [0.15, 0.2) is 11.6 Å². The van der Waals surface area contributed by atoms with Crippen molar-refractivity contribution in [1.29, 1.82) is 0 Å². The van der Waals surface area contributed by atoms with E-state index in [1.54, 1.807) is 69.2 Å². The second-order valence-corrected chi connectivity index (χ2v) is 23.0. The van der Waals surface area contributed by atoms with Gasteiger partial charge in [0.2, 0.25) is 17.7 Å². The Labute approximate surface area is 418 Å². The number of Topliss-reactive ketones (excluding diaryl/α,β-unsaturated/α-hetero) is 2. The number of hydrogen-bond acceptors (Lipinski definition) is 13. The Bertz CT molecular complexity index is 2180. The molecule has 8 atom stereocenters. The van der Waals surface area contributed by atoms with E-state index in [2.05, 4.69) is 16.0 Å². The average Bonchev–Trinajstić information content (AvgIpc) is 3.88. The van der Waals surface area contributed by atoms with Gasteiger partial charge < -0.3 is 44.9 Å². The normalized spacial score (nSPS) is 20.1. The number of benzene rings is 1. The minimum absolute atomic E-state index is 0.00432. The van der Waals surface area contributed by atoms with Crippen molar-refractivity contribution in [3.05, 3.63) is 35.4 Å². The van der Waals surface area contributed by atoms with Gasteiger partial charge in [0.25, 0.3) is 11.8 Å². The first-order valence-corrected chi connectivity index (χ1v) is 24.0. The number of esters is 1. The lowest BCUT2D eigenvalue weighted by Crippen LogP contribution is -2.59. The van der Waals surface area contributed by atoms with Crippen molar-refractivity contribution in [2.75, 3.05) is 34.3 Å². The largest absolute Gasteiger partial charge is 0.467 e. The van der Waals surface area contributed by atoms with E-state index in [9.17, 15) is 47.9 Å². The number of carbonyl (C=O) groups is 10. The van der Waals surface area contributed by atoms with Crippen LogP contribution in [0.25, 0.3) is 0 Å². The lowest BCUT2D eigenvalue weighted by molar-refractivity contribution is -0.153. The van der Waals surface area contributed by atoms with E-state index in [0.717, 1.165) is 4.90 Å². The Morgan fingerprint density at radius 3 is 1.42 bits per heavy atom. The predicted molar refractivity (Wildman–Crippen MR) is 263 cm³/mol. The van der Waals surface area contributed by atoms with Gasteiger partial charge in [-0.2, -0.15) is 0 Å². The summed E-state index contributed by atoms with van der Waals surface area (Å²) >= 11 is 0. The number of hydrogen-bond donors (Lipinski definition) is 3. The van der Waals surface area contributed by atoms with Crippen LogP contribution in [-0.4, -0.2) is 167 Å². The smallest absolute Gasteiger partial charge is 0.410 e. The van der Waals surface area contributed by atoms with Gasteiger partial charge >= 0.3 is 18.2 Å². The van der Waals surface area contributed by atoms with Gasteiger partial charge in [-0.05, 0) is 104 Å². The summed E-state index contributed by atoms with van der Waals surface area (Å²) in [6.45, 7) is 25.3. The molecule has 71 heavy (non-hydrogen) atoms. The van der Waals surface area contributed by atoms with Crippen LogP contribution in [0.4, 0.5) is 9.59 Å². The summed E-state index contributed by atoms with van der Waals surface area (Å²) in [6.07, 6.45) is -1.47. The van der Waals surface area contributed by atoms with Crippen LogP contribution in [0.1, 0.15) is 144 Å². The van der Waals surface area contributed by atoms with Crippen LogP contribution in [0.3, 0.4) is 0 Å². The number of amides is 7. The third kappa shape index (κ3) is 16.0. The molecule has 3 N–H and O–H groups in total. The molecule has 0 spiro atoms. The van der Waals surface area contributed by atoms with E-state index in [-0.39, 0.29) is 55.0 Å². The van der Waals surface area contributed by atoms with E-state index in [0.29, 0.717) is 0 Å². The number of nitrogens with one attached hydrogen (secondary N) is 3. The van der Waals surface area contributed by atoms with Gasteiger partial charge in [-0.1, -0.05) is 41.5 Å². The molecule has 0 aromatic heterocycles. The number of ether oxygens (including phenoxy) is 3. The number of likely N-dealkylation sites (tertiary alicyclic amines) is 2. The summed E-state index contributed by atoms with van der Waals surface area (Å²) in [5, 5.41) is 8.53. The molecule has 0 saturated carbocycles. The van der Waals surface area contributed by atoms with Gasteiger partial charge in [0.05, 0.1) is 19.2 Å². The second-order valence-electron chi connectivity index (χ2n) is 23.0. The fraction of sp³-hybridized carbons (Fsp3) is 0.686. The highest BCUT2D eigenvalue weighted by Crippen LogP contribution is 2.35. The second kappa shape index (κ2) is 23.0. The highest BCUT2D eigenvalue weighted by molar-refractivity contribution is 5.99. The fourth-order valence-electron chi connectivity index (χ4n) is 8.21. The summed E-state index contributed by atoms with van der Waals surface area (Å²) in [5.74, 6) is -4.93. The Hall–Kier alpha value is -6.08. The van der Waals surface area contributed by atoms with Gasteiger partial charge in [0, 0.05) is 69.2 Å². The first kappa shape index (κ1) is 59.2. The van der Waals surface area contributed by atoms with Crippen LogP contribution in [0.5, 0.6) is 0 Å². The molecular weight excluding hydrogens is 919 g/mol. The zero-order valence-electron chi connectivity index (χ0n) is 45.1. The van der Waals surface area contributed by atoms with Crippen molar-refractivity contribution in [2.45, 2.75) is 177 Å². The lowest BCUT2D eigenvalue weighted by atomic mass is 9.76. The third-order valence-corrected chi connectivity index (χ3v) is 12.7. The van der Waals surface area contributed by atoms with Gasteiger partial charge in [-0.25, -0.2) is 14.4 Å². The van der Waals surface area contributed by atoms with Crippen LogP contribution < -0.4 is 16.0 Å². The van der Waals surface area contributed by atoms with Crippen LogP contribution in [0.2, 0.25) is 0 Å². The summed E-state index contributed by atoms with van der Waals surface area (Å²) in [6, 6.07) is -0.610. The molecule has 3 rings (SSSR count). The zero-order valence-corrected chi connectivity index (χ0v) is 45.1. The van der Waals surface area contributed by atoms with Crippen molar-refractivity contribution >= 4 is 59.3 Å². The highest BCUT2D eigenvalue weighted by atomic mass is 16.6. The molecule has 2 fully saturated rings. The topological polar surface area (TPSA) is 247 Å². The summed E-state index contributed by atoms with van der Waals surface area (Å²) in [4.78, 5) is 139. The molecule has 1 aromatic rings. The Morgan fingerprint density at radius 2 is 1.04 bits per heavy atom. The molecule has 2 saturated heterocycles. The maximum atomic E-state index is 14.3. The maximum Gasteiger partial charge on any atom is 0.410 e. The van der Waals surface area contributed by atoms with Crippen molar-refractivity contribution in [1.82, 2.24) is 35.6 Å². The number of nitrogens with zero attached hydrogens (tertiary/aromatic N) is 4. The molecule has 0 aliphatic carbocycles. The minimum atomic E-state index is -1.16. The predicted octanol–water partition coefficient (Wildman–Crippen LogP) is 4.51. The first-order chi connectivity index (χ1) is 32.4. The van der Waals surface area contributed by atoms with E-state index < -0.39 is 118 Å². The molecule has 2 heterocycles. The summed E-state index contributed by atoms with van der Waals surface area (Å²) in [5.41, 5.74) is -2.80. The van der Waals surface area contributed by atoms with Crippen LogP contribution >= 0.6 is 0 Å². The molecule has 2 aliphatic rings. The maximum absolute atomic E-state index is 14.3.